The molecule has 1 heterocycles. The monoisotopic (exact) mass is 408 g/mol. The fourth-order valence-electron chi connectivity index (χ4n) is 3.27. The first-order valence-electron chi connectivity index (χ1n) is 8.73. The molecule has 1 saturated heterocycles. The second-order valence-electron chi connectivity index (χ2n) is 6.66. The zero-order valence-corrected chi connectivity index (χ0v) is 15.7. The number of hydrogen-bond acceptors (Lipinski definition) is 5. The Morgan fingerprint density at radius 3 is 2.43 bits per heavy atom. The summed E-state index contributed by atoms with van der Waals surface area (Å²) in [7, 11) is 0. The van der Waals surface area contributed by atoms with E-state index in [2.05, 4.69) is 5.32 Å². The molecule has 1 aliphatic carbocycles. The molecule has 28 heavy (non-hydrogen) atoms. The van der Waals surface area contributed by atoms with E-state index in [9.17, 15) is 23.6 Å². The highest BCUT2D eigenvalue weighted by molar-refractivity contribution is 6.30. The van der Waals surface area contributed by atoms with Gasteiger partial charge in [0.15, 0.2) is 6.10 Å². The third-order valence-corrected chi connectivity index (χ3v) is 4.99. The molecule has 0 unspecified atom stereocenters. The van der Waals surface area contributed by atoms with Crippen molar-refractivity contribution in [2.24, 2.45) is 11.8 Å². The molecule has 1 fully saturated rings. The quantitative estimate of drug-likeness (QED) is 0.458. The van der Waals surface area contributed by atoms with Crippen molar-refractivity contribution in [3.8, 4) is 0 Å². The van der Waals surface area contributed by atoms with Crippen molar-refractivity contribution in [3.05, 3.63) is 41.2 Å². The summed E-state index contributed by atoms with van der Waals surface area (Å²) in [5.41, 5.74) is -0.112. The van der Waals surface area contributed by atoms with Crippen LogP contribution in [0.15, 0.2) is 30.4 Å². The van der Waals surface area contributed by atoms with Crippen LogP contribution in [0, 0.1) is 17.7 Å². The van der Waals surface area contributed by atoms with Crippen LogP contribution in [-0.2, 0) is 23.9 Å². The maximum atomic E-state index is 13.7. The molecule has 1 N–H and O–H groups in total. The minimum absolute atomic E-state index is 0.112. The van der Waals surface area contributed by atoms with Crippen molar-refractivity contribution < 1.29 is 28.3 Å². The lowest BCUT2D eigenvalue weighted by Crippen LogP contribution is -2.39. The Hall–Kier alpha value is -2.74. The molecular weight excluding hydrogens is 391 g/mol. The molecule has 3 rings (SSSR count). The molecule has 0 saturated carbocycles. The third kappa shape index (κ3) is 4.06. The maximum Gasteiger partial charge on any atom is 0.326 e. The normalized spacial score (nSPS) is 22.0. The average molecular weight is 409 g/mol. The molecule has 0 aromatic heterocycles. The van der Waals surface area contributed by atoms with E-state index in [1.54, 1.807) is 0 Å². The van der Waals surface area contributed by atoms with Crippen molar-refractivity contribution in [1.82, 2.24) is 4.90 Å². The fourth-order valence-corrected chi connectivity index (χ4v) is 3.43. The van der Waals surface area contributed by atoms with E-state index in [1.165, 1.54) is 19.1 Å². The number of amides is 3. The minimum atomic E-state index is -1.25. The number of ether oxygens (including phenoxy) is 1. The van der Waals surface area contributed by atoms with E-state index in [4.69, 9.17) is 16.3 Å². The molecular formula is C19H18ClFN2O5. The first-order chi connectivity index (χ1) is 13.3. The predicted octanol–water partition coefficient (Wildman–Crippen LogP) is 2.30. The fraction of sp³-hybridized carbons (Fsp3) is 0.368. The Morgan fingerprint density at radius 1 is 1.25 bits per heavy atom. The van der Waals surface area contributed by atoms with Crippen LogP contribution >= 0.6 is 11.6 Å². The molecule has 0 spiro atoms. The molecule has 1 aromatic rings. The summed E-state index contributed by atoms with van der Waals surface area (Å²) < 4.78 is 18.7. The number of nitrogens with zero attached hydrogens (tertiary/aromatic N) is 1. The second kappa shape index (κ2) is 8.10. The predicted molar refractivity (Wildman–Crippen MR) is 97.7 cm³/mol. The van der Waals surface area contributed by atoms with Gasteiger partial charge in [-0.3, -0.25) is 24.1 Å². The van der Waals surface area contributed by atoms with Gasteiger partial charge in [-0.2, -0.15) is 0 Å². The topological polar surface area (TPSA) is 92.8 Å². The highest BCUT2D eigenvalue weighted by Crippen LogP contribution is 2.34. The Balaban J connectivity index is 1.56. The van der Waals surface area contributed by atoms with Gasteiger partial charge in [0.25, 0.3) is 5.91 Å². The van der Waals surface area contributed by atoms with Crippen LogP contribution < -0.4 is 5.32 Å². The van der Waals surface area contributed by atoms with Crippen LogP contribution in [0.25, 0.3) is 0 Å². The Morgan fingerprint density at radius 2 is 1.86 bits per heavy atom. The lowest BCUT2D eigenvalue weighted by molar-refractivity contribution is -0.158. The third-order valence-electron chi connectivity index (χ3n) is 4.75. The number of nitrogens with one attached hydrogen (secondary N) is 1. The number of likely N-dealkylation sites (tertiary alicyclic amines) is 1. The van der Waals surface area contributed by atoms with Gasteiger partial charge in [0.2, 0.25) is 11.8 Å². The number of rotatable bonds is 5. The van der Waals surface area contributed by atoms with Crippen LogP contribution in [0.4, 0.5) is 10.1 Å². The Labute approximate surface area is 165 Å². The highest BCUT2D eigenvalue weighted by atomic mass is 35.5. The number of halogens is 2. The summed E-state index contributed by atoms with van der Waals surface area (Å²) in [6.07, 6.45) is 3.37. The van der Waals surface area contributed by atoms with Gasteiger partial charge in [-0.1, -0.05) is 23.8 Å². The van der Waals surface area contributed by atoms with E-state index < -0.39 is 54.0 Å². The molecule has 148 valence electrons. The average Bonchev–Trinajstić information content (AvgIpc) is 2.89. The molecule has 3 amide bonds. The summed E-state index contributed by atoms with van der Waals surface area (Å²) in [4.78, 5) is 49.8. The molecule has 2 aliphatic rings. The molecule has 7 nitrogen and oxygen atoms in total. The van der Waals surface area contributed by atoms with E-state index in [-0.39, 0.29) is 10.7 Å². The molecule has 1 aromatic carbocycles. The number of benzene rings is 1. The molecule has 0 bridgehead atoms. The van der Waals surface area contributed by atoms with E-state index in [0.717, 1.165) is 11.0 Å². The number of carbonyl (C=O) groups is 4. The Bertz CT molecular complexity index is 846. The van der Waals surface area contributed by atoms with Crippen molar-refractivity contribution in [1.29, 1.82) is 0 Å². The van der Waals surface area contributed by atoms with Gasteiger partial charge in [0.1, 0.15) is 12.4 Å². The lowest BCUT2D eigenvalue weighted by Gasteiger charge is -2.17. The summed E-state index contributed by atoms with van der Waals surface area (Å²) in [5.74, 6) is -4.09. The molecule has 9 heteroatoms. The summed E-state index contributed by atoms with van der Waals surface area (Å²) >= 11 is 5.65. The number of esters is 1. The van der Waals surface area contributed by atoms with Gasteiger partial charge in [-0.15, -0.1) is 0 Å². The van der Waals surface area contributed by atoms with E-state index >= 15 is 0 Å². The molecule has 1 aliphatic heterocycles. The van der Waals surface area contributed by atoms with Crippen LogP contribution in [0.2, 0.25) is 5.02 Å². The summed E-state index contributed by atoms with van der Waals surface area (Å²) in [6, 6.07) is 3.71. The van der Waals surface area contributed by atoms with Crippen LogP contribution in [-0.4, -0.2) is 41.2 Å². The van der Waals surface area contributed by atoms with Crippen LogP contribution in [0.5, 0.6) is 0 Å². The van der Waals surface area contributed by atoms with E-state index in [1.807, 2.05) is 12.2 Å². The van der Waals surface area contributed by atoms with Gasteiger partial charge >= 0.3 is 5.97 Å². The zero-order chi connectivity index (χ0) is 20.4. The minimum Gasteiger partial charge on any atom is -0.451 e. The number of carbonyl (C=O) groups excluding carboxylic acids is 4. The number of imide groups is 1. The smallest absolute Gasteiger partial charge is 0.326 e. The van der Waals surface area contributed by atoms with Gasteiger partial charge in [-0.25, -0.2) is 4.39 Å². The standard InChI is InChI=1S/C19H18ClFN2O5/c1-10(17(25)22-15-7-6-11(20)8-14(15)21)28-16(24)9-23-18(26)12-4-2-3-5-13(12)19(23)27/h2-3,6-8,10,12-13H,4-5,9H2,1H3,(H,22,25)/t10-,12-,13-/m0/s1. The second-order valence-corrected chi connectivity index (χ2v) is 7.10. The van der Waals surface area contributed by atoms with Crippen molar-refractivity contribution in [2.75, 3.05) is 11.9 Å². The zero-order valence-electron chi connectivity index (χ0n) is 15.0. The first kappa shape index (κ1) is 20.0. The lowest BCUT2D eigenvalue weighted by atomic mass is 9.85. The van der Waals surface area contributed by atoms with Gasteiger partial charge in [-0.05, 0) is 38.0 Å². The number of anilines is 1. The largest absolute Gasteiger partial charge is 0.451 e. The summed E-state index contributed by atoms with van der Waals surface area (Å²) in [5, 5.41) is 2.46. The van der Waals surface area contributed by atoms with Crippen molar-refractivity contribution in [2.45, 2.75) is 25.9 Å². The van der Waals surface area contributed by atoms with Crippen LogP contribution in [0.3, 0.4) is 0 Å². The Kier molecular flexibility index (Phi) is 5.79. The van der Waals surface area contributed by atoms with Gasteiger partial charge < -0.3 is 10.1 Å². The molecule has 0 radical (unpaired) electrons. The van der Waals surface area contributed by atoms with Crippen LogP contribution in [0.1, 0.15) is 19.8 Å². The van der Waals surface area contributed by atoms with Gasteiger partial charge in [0, 0.05) is 5.02 Å². The number of hydrogen-bond donors (Lipinski definition) is 1. The maximum absolute atomic E-state index is 13.7. The SMILES string of the molecule is C[C@H](OC(=O)CN1C(=O)[C@H]2CC=CC[C@@H]2C1=O)C(=O)Nc1ccc(Cl)cc1F. The highest BCUT2D eigenvalue weighted by Gasteiger charge is 2.47. The van der Waals surface area contributed by atoms with Crippen molar-refractivity contribution >= 4 is 41.0 Å². The van der Waals surface area contributed by atoms with Crippen molar-refractivity contribution in [3.63, 3.8) is 0 Å². The van der Waals surface area contributed by atoms with Gasteiger partial charge in [0.05, 0.1) is 17.5 Å². The van der Waals surface area contributed by atoms with E-state index in [0.29, 0.717) is 12.8 Å². The summed E-state index contributed by atoms with van der Waals surface area (Å²) in [6.45, 7) is 0.746. The molecule has 3 atom stereocenters. The number of fused-ring (bicyclic) bond motifs is 1. The number of allylic oxidation sites excluding steroid dienone is 2. The first-order valence-corrected chi connectivity index (χ1v) is 9.11.